The van der Waals surface area contributed by atoms with Crippen molar-refractivity contribution in [3.05, 3.63) is 230 Å². The van der Waals surface area contributed by atoms with Gasteiger partial charge in [-0.05, 0) is 128 Å². The van der Waals surface area contributed by atoms with E-state index in [0.717, 1.165) is 94.3 Å². The van der Waals surface area contributed by atoms with Crippen LogP contribution in [0, 0.1) is 0 Å². The van der Waals surface area contributed by atoms with E-state index < -0.39 is 11.7 Å². The number of nitrogens with zero attached hydrogens (tertiary/aromatic N) is 2. The molecule has 0 aliphatic rings. The van der Waals surface area contributed by atoms with Crippen LogP contribution in [0.2, 0.25) is 0 Å². The molecule has 0 amide bonds. The number of rotatable bonds is 7. The van der Waals surface area contributed by atoms with Crippen LogP contribution in [0.1, 0.15) is 5.56 Å². The molecule has 0 aliphatic heterocycles. The number of fused-ring (bicyclic) bond motifs is 5. The molecule has 0 atom stereocenters. The molecule has 0 N–H and O–H groups in total. The third kappa shape index (κ3) is 6.38. The Hall–Kier alpha value is -7.89. The quantitative estimate of drug-likeness (QED) is 0.146. The van der Waals surface area contributed by atoms with E-state index in [-0.39, 0.29) is 0 Å². The summed E-state index contributed by atoms with van der Waals surface area (Å²) in [4.78, 5) is 1.90. The maximum Gasteiger partial charge on any atom is 0.416 e. The van der Waals surface area contributed by atoms with E-state index in [1.54, 1.807) is 6.07 Å². The summed E-state index contributed by atoms with van der Waals surface area (Å²) in [5.41, 5.74) is 11.1. The van der Waals surface area contributed by atoms with Crippen LogP contribution in [0.5, 0.6) is 0 Å². The third-order valence-corrected chi connectivity index (χ3v) is 12.0. The molecule has 2 nitrogen and oxygen atoms in total. The molecule has 10 aromatic carbocycles. The number of aromatic nitrogens is 1. The lowest BCUT2D eigenvalue weighted by atomic mass is 9.86. The monoisotopic (exact) mass is 806 g/mol. The maximum atomic E-state index is 14.2. The van der Waals surface area contributed by atoms with Gasteiger partial charge in [0.05, 0.1) is 16.6 Å². The summed E-state index contributed by atoms with van der Waals surface area (Å²) in [5.74, 6) is 0. The Balaban J connectivity index is 1.02. The van der Waals surface area contributed by atoms with E-state index in [2.05, 4.69) is 168 Å². The van der Waals surface area contributed by atoms with Crippen molar-refractivity contribution in [2.75, 3.05) is 4.90 Å². The summed E-state index contributed by atoms with van der Waals surface area (Å²) in [6, 6.07) is 74.7. The molecular weight excluding hydrogens is 770 g/mol. The fraction of sp³-hybridized carbons (Fsp3) is 0.0175. The van der Waals surface area contributed by atoms with Crippen LogP contribution in [-0.4, -0.2) is 4.57 Å². The molecule has 11 rings (SSSR count). The van der Waals surface area contributed by atoms with E-state index in [1.807, 2.05) is 41.3 Å². The first kappa shape index (κ1) is 37.1. The summed E-state index contributed by atoms with van der Waals surface area (Å²) in [6.45, 7) is 0. The van der Waals surface area contributed by atoms with Gasteiger partial charge in [0.15, 0.2) is 0 Å². The van der Waals surface area contributed by atoms with E-state index >= 15 is 0 Å². The fourth-order valence-corrected chi connectivity index (χ4v) is 9.21. The molecule has 0 unspecified atom stereocenters. The van der Waals surface area contributed by atoms with Crippen molar-refractivity contribution in [3.63, 3.8) is 0 Å². The molecule has 0 bridgehead atoms. The predicted molar refractivity (Wildman–Crippen MR) is 252 cm³/mol. The first-order valence-electron chi connectivity index (χ1n) is 20.7. The second-order valence-corrected chi connectivity index (χ2v) is 15.6. The van der Waals surface area contributed by atoms with Crippen LogP contribution in [-0.2, 0) is 6.18 Å². The maximum absolute atomic E-state index is 14.2. The Morgan fingerprint density at radius 2 is 0.790 bits per heavy atom. The van der Waals surface area contributed by atoms with Gasteiger partial charge in [0, 0.05) is 33.5 Å². The van der Waals surface area contributed by atoms with Crippen LogP contribution in [0.4, 0.5) is 30.2 Å². The standard InChI is InChI=1S/C57H37F3N2/c58-57(59,60)42-16-13-19-46(37-42)61(44-31-26-38(27-32-44)41-30-35-54-52(36-41)47-20-11-12-25-53(47)62(54)43-17-5-2-6-18-43)45-33-28-40(29-34-45)56-50-23-9-7-21-48(50)55(39-14-3-1-4-15-39)49-22-8-10-24-51(49)56/h1-37H. The van der Waals surface area contributed by atoms with Gasteiger partial charge in [0.2, 0.25) is 0 Å². The van der Waals surface area contributed by atoms with E-state index in [1.165, 1.54) is 17.7 Å². The van der Waals surface area contributed by atoms with Crippen molar-refractivity contribution < 1.29 is 13.2 Å². The average molecular weight is 807 g/mol. The largest absolute Gasteiger partial charge is 0.416 e. The van der Waals surface area contributed by atoms with Crippen molar-refractivity contribution in [1.82, 2.24) is 4.57 Å². The first-order valence-corrected chi connectivity index (χ1v) is 20.7. The smallest absolute Gasteiger partial charge is 0.310 e. The van der Waals surface area contributed by atoms with Crippen LogP contribution in [0.15, 0.2) is 224 Å². The Bertz CT molecular complexity index is 3370. The van der Waals surface area contributed by atoms with Crippen molar-refractivity contribution in [2.24, 2.45) is 0 Å². The molecule has 0 saturated carbocycles. The van der Waals surface area contributed by atoms with E-state index in [4.69, 9.17) is 0 Å². The number of anilines is 3. The van der Waals surface area contributed by atoms with Gasteiger partial charge in [-0.15, -0.1) is 0 Å². The van der Waals surface area contributed by atoms with Gasteiger partial charge in [0.25, 0.3) is 0 Å². The second-order valence-electron chi connectivity index (χ2n) is 15.6. The molecule has 5 heteroatoms. The molecule has 62 heavy (non-hydrogen) atoms. The lowest BCUT2D eigenvalue weighted by Gasteiger charge is -2.27. The van der Waals surface area contributed by atoms with Crippen LogP contribution < -0.4 is 4.90 Å². The zero-order valence-electron chi connectivity index (χ0n) is 33.4. The topological polar surface area (TPSA) is 8.17 Å². The fourth-order valence-electron chi connectivity index (χ4n) is 9.21. The number of hydrogen-bond donors (Lipinski definition) is 0. The highest BCUT2D eigenvalue weighted by Gasteiger charge is 2.31. The number of alkyl halides is 3. The van der Waals surface area contributed by atoms with Crippen LogP contribution >= 0.6 is 0 Å². The number of benzene rings is 10. The molecule has 0 fully saturated rings. The van der Waals surface area contributed by atoms with Gasteiger partial charge in [0.1, 0.15) is 0 Å². The van der Waals surface area contributed by atoms with Crippen molar-refractivity contribution >= 4 is 60.4 Å². The van der Waals surface area contributed by atoms with Crippen LogP contribution in [0.25, 0.3) is 82.4 Å². The average Bonchev–Trinajstić information content (AvgIpc) is 3.65. The van der Waals surface area contributed by atoms with Crippen molar-refractivity contribution in [3.8, 4) is 39.1 Å². The molecule has 0 radical (unpaired) electrons. The lowest BCUT2D eigenvalue weighted by Crippen LogP contribution is -2.12. The van der Waals surface area contributed by atoms with Gasteiger partial charge in [-0.3, -0.25) is 0 Å². The highest BCUT2D eigenvalue weighted by atomic mass is 19.4. The van der Waals surface area contributed by atoms with E-state index in [9.17, 15) is 13.2 Å². The predicted octanol–water partition coefficient (Wildman–Crippen LogP) is 16.6. The number of halogens is 3. The zero-order valence-corrected chi connectivity index (χ0v) is 33.4. The molecule has 0 aliphatic carbocycles. The summed E-state index contributed by atoms with van der Waals surface area (Å²) in [7, 11) is 0. The summed E-state index contributed by atoms with van der Waals surface area (Å²) in [5, 5.41) is 6.88. The highest BCUT2D eigenvalue weighted by Crippen LogP contribution is 2.45. The molecule has 11 aromatic rings. The highest BCUT2D eigenvalue weighted by molar-refractivity contribution is 6.21. The van der Waals surface area contributed by atoms with Crippen molar-refractivity contribution in [1.29, 1.82) is 0 Å². The van der Waals surface area contributed by atoms with Gasteiger partial charge >= 0.3 is 6.18 Å². The Labute approximate surface area is 357 Å². The SMILES string of the molecule is FC(F)(F)c1cccc(N(c2ccc(-c3ccc4c(c3)c3ccccc3n4-c3ccccc3)cc2)c2ccc(-c3c4ccccc4c(-c4ccccc4)c4ccccc34)cc2)c1. The minimum Gasteiger partial charge on any atom is -0.310 e. The normalized spacial score (nSPS) is 11.8. The number of hydrogen-bond acceptors (Lipinski definition) is 1. The third-order valence-electron chi connectivity index (χ3n) is 12.0. The second kappa shape index (κ2) is 15.0. The molecule has 1 aromatic heterocycles. The van der Waals surface area contributed by atoms with Gasteiger partial charge < -0.3 is 9.47 Å². The molecule has 1 heterocycles. The first-order chi connectivity index (χ1) is 30.4. The van der Waals surface area contributed by atoms with E-state index in [0.29, 0.717) is 5.69 Å². The van der Waals surface area contributed by atoms with Crippen molar-refractivity contribution in [2.45, 2.75) is 6.18 Å². The number of para-hydroxylation sites is 2. The summed E-state index contributed by atoms with van der Waals surface area (Å²) in [6.07, 6.45) is -4.49. The molecule has 0 saturated heterocycles. The Morgan fingerprint density at radius 1 is 0.323 bits per heavy atom. The molecule has 296 valence electrons. The van der Waals surface area contributed by atoms with Gasteiger partial charge in [-0.2, -0.15) is 13.2 Å². The lowest BCUT2D eigenvalue weighted by molar-refractivity contribution is -0.137. The van der Waals surface area contributed by atoms with Crippen LogP contribution in [0.3, 0.4) is 0 Å². The Kier molecular flexibility index (Phi) is 8.97. The molecule has 0 spiro atoms. The minimum absolute atomic E-state index is 0.415. The zero-order chi connectivity index (χ0) is 41.8. The van der Waals surface area contributed by atoms with Gasteiger partial charge in [-0.25, -0.2) is 0 Å². The molecular formula is C57H37F3N2. The summed E-state index contributed by atoms with van der Waals surface area (Å²) >= 11 is 0. The van der Waals surface area contributed by atoms with Gasteiger partial charge in [-0.1, -0.05) is 152 Å². The summed E-state index contributed by atoms with van der Waals surface area (Å²) < 4.78 is 44.9. The Morgan fingerprint density at radius 3 is 1.37 bits per heavy atom. The minimum atomic E-state index is -4.49.